The Hall–Kier alpha value is -1.19. The van der Waals surface area contributed by atoms with Crippen molar-refractivity contribution in [3.05, 3.63) is 0 Å². The number of hydrogen-bond acceptors (Lipinski definition) is 5. The van der Waals surface area contributed by atoms with Gasteiger partial charge < -0.3 is 10.5 Å². The van der Waals surface area contributed by atoms with E-state index >= 15 is 0 Å². The molecule has 5 nitrogen and oxygen atoms in total. The van der Waals surface area contributed by atoms with E-state index in [0.717, 1.165) is 0 Å². The third kappa shape index (κ3) is 7.20. The average molecular weight is 256 g/mol. The molecule has 0 bridgehead atoms. The molecule has 0 aliphatic rings. The zero-order chi connectivity index (χ0) is 14.4. The average Bonchev–Trinajstić information content (AvgIpc) is 2.18. The molecule has 18 heavy (non-hydrogen) atoms. The number of nitrogens with two attached hydrogens (primary N) is 1. The van der Waals surface area contributed by atoms with Gasteiger partial charge in [0.1, 0.15) is 6.61 Å². The molecule has 0 fully saturated rings. The third-order valence-electron chi connectivity index (χ3n) is 2.51. The molecule has 0 heterocycles. The molecule has 0 aromatic rings. The highest BCUT2D eigenvalue weighted by atomic mass is 16.5. The summed E-state index contributed by atoms with van der Waals surface area (Å²) in [6.07, 6.45) is 2.04. The highest BCUT2D eigenvalue weighted by Gasteiger charge is 2.36. The second-order valence-corrected chi connectivity index (χ2v) is 6.28. The predicted octanol–water partition coefficient (Wildman–Crippen LogP) is 1.66. The van der Waals surface area contributed by atoms with Crippen molar-refractivity contribution in [3.8, 4) is 0 Å². The van der Waals surface area contributed by atoms with E-state index in [4.69, 9.17) is 10.5 Å². The molecule has 0 amide bonds. The number of esters is 1. The summed E-state index contributed by atoms with van der Waals surface area (Å²) in [4.78, 5) is 25.2. The van der Waals surface area contributed by atoms with E-state index in [1.165, 1.54) is 6.08 Å². The van der Waals surface area contributed by atoms with Gasteiger partial charge in [-0.1, -0.05) is 20.8 Å². The summed E-state index contributed by atoms with van der Waals surface area (Å²) in [6, 6.07) is 0. The van der Waals surface area contributed by atoms with Crippen molar-refractivity contribution >= 4 is 12.0 Å². The van der Waals surface area contributed by atoms with E-state index in [1.54, 1.807) is 0 Å². The Bertz CT molecular complexity index is 320. The minimum absolute atomic E-state index is 0.0126. The molecule has 1 atom stereocenters. The van der Waals surface area contributed by atoms with Gasteiger partial charge in [0, 0.05) is 5.54 Å². The van der Waals surface area contributed by atoms with Gasteiger partial charge in [0.2, 0.25) is 6.08 Å². The number of aliphatic imine (C=N–C) groups is 1. The maximum atomic E-state index is 12.0. The van der Waals surface area contributed by atoms with Gasteiger partial charge in [-0.05, 0) is 25.7 Å². The summed E-state index contributed by atoms with van der Waals surface area (Å²) < 4.78 is 5.09. The first-order chi connectivity index (χ1) is 8.08. The number of carbonyl (C=O) groups excluding carboxylic acids is 2. The highest BCUT2D eigenvalue weighted by Crippen LogP contribution is 2.30. The third-order valence-corrected chi connectivity index (χ3v) is 2.51. The van der Waals surface area contributed by atoms with Gasteiger partial charge in [-0.15, -0.1) is 0 Å². The number of hydrogen-bond donors (Lipinski definition) is 1. The van der Waals surface area contributed by atoms with Crippen molar-refractivity contribution in [2.75, 3.05) is 13.2 Å². The van der Waals surface area contributed by atoms with E-state index < -0.39 is 5.54 Å². The van der Waals surface area contributed by atoms with Gasteiger partial charge in [0.05, 0.1) is 12.5 Å². The van der Waals surface area contributed by atoms with Crippen molar-refractivity contribution in [2.45, 2.75) is 46.6 Å². The van der Waals surface area contributed by atoms with E-state index in [0.29, 0.717) is 6.42 Å². The largest absolute Gasteiger partial charge is 0.463 e. The predicted molar refractivity (Wildman–Crippen MR) is 69.8 cm³/mol. The molecular weight excluding hydrogens is 232 g/mol. The first-order valence-corrected chi connectivity index (χ1v) is 6.07. The van der Waals surface area contributed by atoms with Crippen LogP contribution < -0.4 is 5.73 Å². The van der Waals surface area contributed by atoms with Crippen LogP contribution in [0.4, 0.5) is 0 Å². The van der Waals surface area contributed by atoms with Crippen molar-refractivity contribution in [1.29, 1.82) is 0 Å². The Morgan fingerprint density at radius 1 is 1.33 bits per heavy atom. The highest BCUT2D eigenvalue weighted by molar-refractivity contribution is 5.74. The summed E-state index contributed by atoms with van der Waals surface area (Å²) in [6.45, 7) is 10.0. The van der Waals surface area contributed by atoms with Gasteiger partial charge in [-0.3, -0.25) is 4.79 Å². The molecular formula is C13H24N2O3. The lowest BCUT2D eigenvalue weighted by molar-refractivity contribution is -0.151. The Balaban J connectivity index is 4.57. The number of rotatable bonds is 6. The molecule has 0 aliphatic heterocycles. The molecule has 104 valence electrons. The first-order valence-electron chi connectivity index (χ1n) is 6.07. The lowest BCUT2D eigenvalue weighted by atomic mass is 9.76. The number of isocyanates is 1. The Morgan fingerprint density at radius 2 is 1.89 bits per heavy atom. The summed E-state index contributed by atoms with van der Waals surface area (Å²) in [5.74, 6) is -0.712. The zero-order valence-electron chi connectivity index (χ0n) is 11.9. The molecule has 5 heteroatoms. The van der Waals surface area contributed by atoms with Gasteiger partial charge in [0.25, 0.3) is 0 Å². The number of carbonyl (C=O) groups is 1. The molecule has 0 aromatic carbocycles. The van der Waals surface area contributed by atoms with Crippen molar-refractivity contribution in [2.24, 2.45) is 22.1 Å². The quantitative estimate of drug-likeness (QED) is 0.339. The normalized spacial score (nSPS) is 13.7. The van der Waals surface area contributed by atoms with Crippen LogP contribution in [-0.2, 0) is 14.3 Å². The SMILES string of the molecule is CC(C)(C)CC(C(=O)OCCN=C=O)C(C)(C)N. The second-order valence-electron chi connectivity index (χ2n) is 6.28. The van der Waals surface area contributed by atoms with Crippen molar-refractivity contribution in [1.82, 2.24) is 0 Å². The topological polar surface area (TPSA) is 81.8 Å². The Labute approximate surface area is 109 Å². The van der Waals surface area contributed by atoms with Crippen LogP contribution in [0.1, 0.15) is 41.0 Å². The van der Waals surface area contributed by atoms with Gasteiger partial charge in [0.15, 0.2) is 0 Å². The van der Waals surface area contributed by atoms with E-state index in [1.807, 2.05) is 13.8 Å². The van der Waals surface area contributed by atoms with Gasteiger partial charge in [-0.2, -0.15) is 0 Å². The Kier molecular flexibility index (Phi) is 6.22. The summed E-state index contributed by atoms with van der Waals surface area (Å²) >= 11 is 0. The smallest absolute Gasteiger partial charge is 0.310 e. The van der Waals surface area contributed by atoms with Crippen LogP contribution in [-0.4, -0.2) is 30.7 Å². The maximum absolute atomic E-state index is 12.0. The van der Waals surface area contributed by atoms with Crippen LogP contribution in [0.5, 0.6) is 0 Å². The molecule has 0 radical (unpaired) electrons. The maximum Gasteiger partial charge on any atom is 0.310 e. The molecule has 2 N–H and O–H groups in total. The summed E-state index contributed by atoms with van der Waals surface area (Å²) in [7, 11) is 0. The van der Waals surface area contributed by atoms with E-state index in [9.17, 15) is 9.59 Å². The minimum atomic E-state index is -0.641. The monoisotopic (exact) mass is 256 g/mol. The molecule has 1 unspecified atom stereocenters. The zero-order valence-corrected chi connectivity index (χ0v) is 11.9. The van der Waals surface area contributed by atoms with Crippen LogP contribution in [0.25, 0.3) is 0 Å². The van der Waals surface area contributed by atoms with Crippen LogP contribution >= 0.6 is 0 Å². The molecule has 0 rings (SSSR count). The van der Waals surface area contributed by atoms with E-state index in [-0.39, 0.29) is 30.5 Å². The molecule has 0 saturated carbocycles. The van der Waals surface area contributed by atoms with Crippen LogP contribution in [0.2, 0.25) is 0 Å². The number of nitrogens with zero attached hydrogens (tertiary/aromatic N) is 1. The Morgan fingerprint density at radius 3 is 2.28 bits per heavy atom. The summed E-state index contributed by atoms with van der Waals surface area (Å²) in [5, 5.41) is 0. The molecule has 0 aliphatic carbocycles. The first kappa shape index (κ1) is 16.8. The standard InChI is InChI=1S/C13H24N2O3/c1-12(2,3)8-10(13(4,5)14)11(17)18-7-6-15-9-16/h10H,6-8,14H2,1-5H3. The lowest BCUT2D eigenvalue weighted by Crippen LogP contribution is -2.47. The fourth-order valence-corrected chi connectivity index (χ4v) is 1.60. The summed E-state index contributed by atoms with van der Waals surface area (Å²) in [5.41, 5.74) is 5.38. The number of ether oxygens (including phenoxy) is 1. The van der Waals surface area contributed by atoms with E-state index in [2.05, 4.69) is 25.8 Å². The molecule has 0 spiro atoms. The molecule has 0 aromatic heterocycles. The lowest BCUT2D eigenvalue weighted by Gasteiger charge is -2.33. The van der Waals surface area contributed by atoms with Crippen LogP contribution in [0.3, 0.4) is 0 Å². The van der Waals surface area contributed by atoms with Crippen LogP contribution in [0.15, 0.2) is 4.99 Å². The molecule has 0 saturated heterocycles. The van der Waals surface area contributed by atoms with Gasteiger partial charge >= 0.3 is 5.97 Å². The second kappa shape index (κ2) is 6.66. The fraction of sp³-hybridized carbons (Fsp3) is 0.846. The van der Waals surface area contributed by atoms with Crippen molar-refractivity contribution < 1.29 is 14.3 Å². The van der Waals surface area contributed by atoms with Gasteiger partial charge in [-0.25, -0.2) is 9.79 Å². The van der Waals surface area contributed by atoms with Crippen LogP contribution in [0, 0.1) is 11.3 Å². The minimum Gasteiger partial charge on any atom is -0.463 e. The van der Waals surface area contributed by atoms with Crippen molar-refractivity contribution in [3.63, 3.8) is 0 Å². The fourth-order valence-electron chi connectivity index (χ4n) is 1.60.